The van der Waals surface area contributed by atoms with Gasteiger partial charge in [0.15, 0.2) is 0 Å². The van der Waals surface area contributed by atoms with Gasteiger partial charge in [0.2, 0.25) is 0 Å². The van der Waals surface area contributed by atoms with Crippen LogP contribution in [-0.2, 0) is 0 Å². The van der Waals surface area contributed by atoms with E-state index in [-0.39, 0.29) is 5.41 Å². The first kappa shape index (κ1) is 15.2. The van der Waals surface area contributed by atoms with Crippen molar-refractivity contribution in [2.24, 2.45) is 5.41 Å². The average Bonchev–Trinajstić information content (AvgIpc) is 2.40. The van der Waals surface area contributed by atoms with E-state index >= 15 is 0 Å². The molecular weight excluding hydrogens is 228 g/mol. The van der Waals surface area contributed by atoms with Crippen molar-refractivity contribution in [3.63, 3.8) is 0 Å². The van der Waals surface area contributed by atoms with E-state index in [2.05, 4.69) is 76.4 Å². The molecule has 0 nitrogen and oxygen atoms in total. The second-order valence-corrected chi connectivity index (χ2v) is 5.37. The molecule has 1 aromatic carbocycles. The van der Waals surface area contributed by atoms with Gasteiger partial charge in [-0.15, -0.1) is 6.58 Å². The molecule has 1 aliphatic carbocycles. The molecule has 2 rings (SSSR count). The monoisotopic (exact) mass is 252 g/mol. The lowest BCUT2D eigenvalue weighted by atomic mass is 9.81. The summed E-state index contributed by atoms with van der Waals surface area (Å²) in [6.45, 7) is 13.9. The Hall–Kier alpha value is -1.82. The predicted octanol–water partition coefficient (Wildman–Crippen LogP) is 5.72. The molecule has 19 heavy (non-hydrogen) atoms. The quantitative estimate of drug-likeness (QED) is 0.590. The second-order valence-electron chi connectivity index (χ2n) is 5.37. The topological polar surface area (TPSA) is 0 Å². The Labute approximate surface area is 117 Å². The molecule has 0 saturated carbocycles. The molecular formula is C19H24. The Morgan fingerprint density at radius 3 is 2.16 bits per heavy atom. The van der Waals surface area contributed by atoms with Gasteiger partial charge in [-0.05, 0) is 25.8 Å². The summed E-state index contributed by atoms with van der Waals surface area (Å²) in [5.41, 5.74) is 4.12. The third-order valence-electron chi connectivity index (χ3n) is 3.30. The lowest BCUT2D eigenvalue weighted by molar-refractivity contribution is 0.540. The van der Waals surface area contributed by atoms with E-state index in [0.29, 0.717) is 0 Å². The summed E-state index contributed by atoms with van der Waals surface area (Å²) < 4.78 is 0. The third-order valence-corrected chi connectivity index (χ3v) is 3.30. The Morgan fingerprint density at radius 2 is 1.74 bits per heavy atom. The molecule has 0 aliphatic heterocycles. The highest BCUT2D eigenvalue weighted by molar-refractivity contribution is 5.46. The van der Waals surface area contributed by atoms with Crippen molar-refractivity contribution in [2.75, 3.05) is 0 Å². The fourth-order valence-electron chi connectivity index (χ4n) is 1.99. The average molecular weight is 252 g/mol. The summed E-state index contributed by atoms with van der Waals surface area (Å²) in [5, 5.41) is 0. The van der Waals surface area contributed by atoms with Crippen LogP contribution in [0.4, 0.5) is 0 Å². The summed E-state index contributed by atoms with van der Waals surface area (Å²) >= 11 is 0. The molecule has 0 amide bonds. The minimum Gasteiger partial charge on any atom is -0.102 e. The predicted molar refractivity (Wildman–Crippen MR) is 87.1 cm³/mol. The van der Waals surface area contributed by atoms with E-state index in [1.807, 2.05) is 12.2 Å². The zero-order valence-corrected chi connectivity index (χ0v) is 12.3. The fraction of sp³-hybridized carbons (Fsp3) is 0.263. The summed E-state index contributed by atoms with van der Waals surface area (Å²) in [6.07, 6.45) is 11.4. The summed E-state index contributed by atoms with van der Waals surface area (Å²) in [4.78, 5) is 0. The maximum absolute atomic E-state index is 3.81. The van der Waals surface area contributed by atoms with Crippen LogP contribution in [0, 0.1) is 12.3 Å². The maximum atomic E-state index is 3.81. The smallest absolute Gasteiger partial charge is 0.00702 e. The number of benzene rings is 1. The Balaban J connectivity index is 0.000000191. The maximum Gasteiger partial charge on any atom is 0.00702 e. The molecule has 0 N–H and O–H groups in total. The molecule has 0 aromatic heterocycles. The number of rotatable bonds is 2. The molecule has 0 spiro atoms. The van der Waals surface area contributed by atoms with Crippen LogP contribution in [0.3, 0.4) is 0 Å². The zero-order chi connectivity index (χ0) is 14.3. The van der Waals surface area contributed by atoms with Gasteiger partial charge >= 0.3 is 0 Å². The van der Waals surface area contributed by atoms with Crippen LogP contribution < -0.4 is 0 Å². The molecule has 1 aliphatic rings. The molecule has 0 bridgehead atoms. The number of allylic oxidation sites excluding steroid dienone is 5. The molecule has 0 fully saturated rings. The minimum absolute atomic E-state index is 0.207. The highest BCUT2D eigenvalue weighted by atomic mass is 14.2. The van der Waals surface area contributed by atoms with Gasteiger partial charge in [-0.25, -0.2) is 0 Å². The highest BCUT2D eigenvalue weighted by Crippen LogP contribution is 2.31. The van der Waals surface area contributed by atoms with Crippen molar-refractivity contribution >= 4 is 6.08 Å². The first-order valence-corrected chi connectivity index (χ1v) is 6.67. The van der Waals surface area contributed by atoms with Crippen molar-refractivity contribution in [2.45, 2.75) is 27.2 Å². The van der Waals surface area contributed by atoms with Crippen LogP contribution >= 0.6 is 0 Å². The normalized spacial score (nSPS) is 20.9. The van der Waals surface area contributed by atoms with E-state index in [1.165, 1.54) is 16.7 Å². The summed E-state index contributed by atoms with van der Waals surface area (Å²) in [7, 11) is 0. The molecule has 0 radical (unpaired) electrons. The van der Waals surface area contributed by atoms with Crippen molar-refractivity contribution in [3.8, 4) is 0 Å². The standard InChI is InChI=1S/C10H14.C9H10/c1-4-10(3)7-5-6-9(2)8-10;1-3-9-6-4-8(2)5-7-9/h4-7H,1,8H2,2-3H3;3-7H,1H2,2H3. The van der Waals surface area contributed by atoms with E-state index in [9.17, 15) is 0 Å². The second kappa shape index (κ2) is 6.94. The van der Waals surface area contributed by atoms with Crippen LogP contribution in [0.25, 0.3) is 6.08 Å². The molecule has 100 valence electrons. The Bertz CT molecular complexity index is 485. The molecule has 1 atom stereocenters. The highest BCUT2D eigenvalue weighted by Gasteiger charge is 2.18. The largest absolute Gasteiger partial charge is 0.102 e. The lowest BCUT2D eigenvalue weighted by Gasteiger charge is -2.24. The molecule has 1 unspecified atom stereocenters. The minimum atomic E-state index is 0.207. The SMILES string of the molecule is C=CC1(C)C=CC=C(C)C1.C=Cc1ccc(C)cc1. The van der Waals surface area contributed by atoms with Gasteiger partial charge in [-0.1, -0.05) is 79.3 Å². The number of hydrogen-bond donors (Lipinski definition) is 0. The summed E-state index contributed by atoms with van der Waals surface area (Å²) in [6, 6.07) is 8.28. The van der Waals surface area contributed by atoms with Gasteiger partial charge < -0.3 is 0 Å². The number of hydrogen-bond acceptors (Lipinski definition) is 0. The van der Waals surface area contributed by atoms with Gasteiger partial charge in [-0.2, -0.15) is 0 Å². The third kappa shape index (κ3) is 5.13. The van der Waals surface area contributed by atoms with E-state index in [0.717, 1.165) is 6.42 Å². The van der Waals surface area contributed by atoms with E-state index in [4.69, 9.17) is 0 Å². The van der Waals surface area contributed by atoms with Crippen molar-refractivity contribution in [1.29, 1.82) is 0 Å². The molecule has 0 heterocycles. The zero-order valence-electron chi connectivity index (χ0n) is 12.3. The first-order chi connectivity index (χ1) is 8.99. The van der Waals surface area contributed by atoms with E-state index in [1.54, 1.807) is 0 Å². The van der Waals surface area contributed by atoms with Crippen LogP contribution in [0.2, 0.25) is 0 Å². The van der Waals surface area contributed by atoms with Crippen molar-refractivity contribution < 1.29 is 0 Å². The van der Waals surface area contributed by atoms with Crippen LogP contribution in [0.1, 0.15) is 31.4 Å². The Morgan fingerprint density at radius 1 is 1.11 bits per heavy atom. The molecule has 0 saturated heterocycles. The van der Waals surface area contributed by atoms with E-state index < -0.39 is 0 Å². The fourth-order valence-corrected chi connectivity index (χ4v) is 1.99. The summed E-state index contributed by atoms with van der Waals surface area (Å²) in [5.74, 6) is 0. The van der Waals surface area contributed by atoms with Gasteiger partial charge in [0.25, 0.3) is 0 Å². The van der Waals surface area contributed by atoms with Crippen LogP contribution in [0.5, 0.6) is 0 Å². The first-order valence-electron chi connectivity index (χ1n) is 6.67. The molecule has 0 heteroatoms. The van der Waals surface area contributed by atoms with Gasteiger partial charge in [0, 0.05) is 5.41 Å². The van der Waals surface area contributed by atoms with Crippen LogP contribution in [0.15, 0.2) is 67.3 Å². The Kier molecular flexibility index (Phi) is 5.57. The van der Waals surface area contributed by atoms with Gasteiger partial charge in [0.1, 0.15) is 0 Å². The van der Waals surface area contributed by atoms with Crippen molar-refractivity contribution in [3.05, 3.63) is 78.4 Å². The van der Waals surface area contributed by atoms with Gasteiger partial charge in [-0.3, -0.25) is 0 Å². The number of aryl methyl sites for hydroxylation is 1. The van der Waals surface area contributed by atoms with Crippen LogP contribution in [-0.4, -0.2) is 0 Å². The molecule has 1 aromatic rings. The van der Waals surface area contributed by atoms with Gasteiger partial charge in [0.05, 0.1) is 0 Å². The van der Waals surface area contributed by atoms with Crippen molar-refractivity contribution in [1.82, 2.24) is 0 Å². The lowest BCUT2D eigenvalue weighted by Crippen LogP contribution is -2.11.